The number of sulfone groups is 1. The number of nitrogens with zero attached hydrogens (tertiary/aromatic N) is 5. The van der Waals surface area contributed by atoms with Gasteiger partial charge in [-0.3, -0.25) is 4.68 Å². The lowest BCUT2D eigenvalue weighted by molar-refractivity contribution is -0.917. The standard InChI is InChI=1S/C18H28N6O2S2/c1-12-16(13(2)24(19-12)15-7-8-28(25,26)10-15)9-21(3)11-23-18(27)22(4)17(20-23)14-5-6-14/h14-15H,5-11H2,1-4H3/p+1/t15-/m1/s1. The molecule has 2 aromatic heterocycles. The number of hydrogen-bond acceptors (Lipinski definition) is 5. The summed E-state index contributed by atoms with van der Waals surface area (Å²) in [5.41, 5.74) is 3.23. The predicted molar refractivity (Wildman–Crippen MR) is 109 cm³/mol. The molecule has 3 heterocycles. The maximum Gasteiger partial charge on any atom is 0.202 e. The monoisotopic (exact) mass is 425 g/mol. The molecule has 1 aliphatic heterocycles. The van der Waals surface area contributed by atoms with Crippen LogP contribution in [-0.2, 0) is 30.1 Å². The van der Waals surface area contributed by atoms with Crippen molar-refractivity contribution in [2.45, 2.75) is 58.3 Å². The van der Waals surface area contributed by atoms with Crippen LogP contribution in [0.25, 0.3) is 0 Å². The molecule has 2 aromatic rings. The van der Waals surface area contributed by atoms with Gasteiger partial charge < -0.3 is 9.47 Å². The van der Waals surface area contributed by atoms with E-state index in [0.717, 1.165) is 28.5 Å². The number of quaternary nitrogens is 1. The van der Waals surface area contributed by atoms with Crippen LogP contribution >= 0.6 is 12.2 Å². The number of aryl methyl sites for hydroxylation is 1. The van der Waals surface area contributed by atoms with Gasteiger partial charge in [-0.1, -0.05) is 0 Å². The van der Waals surface area contributed by atoms with Gasteiger partial charge in [-0.25, -0.2) is 8.42 Å². The molecule has 0 amide bonds. The summed E-state index contributed by atoms with van der Waals surface area (Å²) in [4.78, 5) is 1.27. The van der Waals surface area contributed by atoms with Crippen LogP contribution < -0.4 is 4.90 Å². The van der Waals surface area contributed by atoms with Crippen molar-refractivity contribution in [3.63, 3.8) is 0 Å². The van der Waals surface area contributed by atoms with Crippen molar-refractivity contribution in [3.8, 4) is 0 Å². The van der Waals surface area contributed by atoms with Crippen molar-refractivity contribution < 1.29 is 13.3 Å². The van der Waals surface area contributed by atoms with Gasteiger partial charge in [0.25, 0.3) is 0 Å². The van der Waals surface area contributed by atoms with Crippen molar-refractivity contribution in [3.05, 3.63) is 27.5 Å². The smallest absolute Gasteiger partial charge is 0.202 e. The van der Waals surface area contributed by atoms with Crippen LogP contribution in [0.3, 0.4) is 0 Å². The highest BCUT2D eigenvalue weighted by Gasteiger charge is 2.32. The van der Waals surface area contributed by atoms with Gasteiger partial charge in [0.2, 0.25) is 4.77 Å². The topological polar surface area (TPSA) is 79.2 Å². The Morgan fingerprint density at radius 3 is 2.54 bits per heavy atom. The van der Waals surface area contributed by atoms with Crippen LogP contribution in [0, 0.1) is 18.6 Å². The van der Waals surface area contributed by atoms with Crippen LogP contribution in [0.5, 0.6) is 0 Å². The average molecular weight is 426 g/mol. The highest BCUT2D eigenvalue weighted by Crippen LogP contribution is 2.38. The van der Waals surface area contributed by atoms with Crippen LogP contribution in [0.4, 0.5) is 0 Å². The second-order valence-corrected chi connectivity index (χ2v) is 11.0. The van der Waals surface area contributed by atoms with Gasteiger partial charge in [0.05, 0.1) is 35.9 Å². The van der Waals surface area contributed by atoms with Crippen LogP contribution in [0.1, 0.15) is 54.0 Å². The fourth-order valence-corrected chi connectivity index (χ4v) is 6.09. The molecule has 1 aliphatic carbocycles. The fraction of sp³-hybridized carbons (Fsp3) is 0.722. The highest BCUT2D eigenvalue weighted by molar-refractivity contribution is 7.91. The lowest BCUT2D eigenvalue weighted by atomic mass is 10.2. The predicted octanol–water partition coefficient (Wildman–Crippen LogP) is 0.674. The number of nitrogens with one attached hydrogen (secondary N) is 1. The van der Waals surface area contributed by atoms with Gasteiger partial charge in [-0.05, 0) is 45.3 Å². The quantitative estimate of drug-likeness (QED) is 0.689. The van der Waals surface area contributed by atoms with E-state index in [1.54, 1.807) is 0 Å². The summed E-state index contributed by atoms with van der Waals surface area (Å²) >= 11 is 5.57. The summed E-state index contributed by atoms with van der Waals surface area (Å²) in [5.74, 6) is 2.13. The summed E-state index contributed by atoms with van der Waals surface area (Å²) in [5, 5.41) is 9.43. The molecule has 10 heteroatoms. The SMILES string of the molecule is Cc1nn([C@@H]2CCS(=O)(=O)C2)c(C)c1C[NH+](C)Cn1nc(C2CC2)n(C)c1=S. The summed E-state index contributed by atoms with van der Waals surface area (Å²) in [7, 11) is 1.20. The van der Waals surface area contributed by atoms with E-state index in [9.17, 15) is 8.42 Å². The van der Waals surface area contributed by atoms with E-state index in [1.165, 1.54) is 23.3 Å². The third-order valence-electron chi connectivity index (χ3n) is 5.94. The zero-order valence-electron chi connectivity index (χ0n) is 17.0. The molecule has 8 nitrogen and oxygen atoms in total. The van der Waals surface area contributed by atoms with Crippen molar-refractivity contribution in [1.82, 2.24) is 24.1 Å². The minimum absolute atomic E-state index is 0.0386. The summed E-state index contributed by atoms with van der Waals surface area (Å²) in [6, 6.07) is -0.0386. The lowest BCUT2D eigenvalue weighted by Crippen LogP contribution is -3.07. The lowest BCUT2D eigenvalue weighted by Gasteiger charge is -2.15. The van der Waals surface area contributed by atoms with Crippen molar-refractivity contribution in [2.24, 2.45) is 7.05 Å². The maximum atomic E-state index is 11.8. The second kappa shape index (κ2) is 7.07. The molecule has 1 saturated heterocycles. The summed E-state index contributed by atoms with van der Waals surface area (Å²) in [6.07, 6.45) is 3.06. The molecule has 2 fully saturated rings. The molecule has 0 radical (unpaired) electrons. The molecule has 2 aliphatic rings. The first-order chi connectivity index (χ1) is 13.2. The molecule has 2 atom stereocenters. The molecule has 1 saturated carbocycles. The van der Waals surface area contributed by atoms with Gasteiger partial charge >= 0.3 is 0 Å². The Labute approximate surface area is 171 Å². The third kappa shape index (κ3) is 3.69. The Balaban J connectivity index is 1.50. The van der Waals surface area contributed by atoms with Gasteiger partial charge in [-0.15, -0.1) is 0 Å². The second-order valence-electron chi connectivity index (χ2n) is 8.42. The first-order valence-corrected chi connectivity index (χ1v) is 12.1. The minimum Gasteiger partial charge on any atom is -0.315 e. The van der Waals surface area contributed by atoms with E-state index in [1.807, 2.05) is 34.8 Å². The number of aromatic nitrogens is 5. The summed E-state index contributed by atoms with van der Waals surface area (Å²) < 4.78 is 30.4. The Hall–Kier alpha value is -1.52. The molecule has 28 heavy (non-hydrogen) atoms. The summed E-state index contributed by atoms with van der Waals surface area (Å²) in [6.45, 7) is 5.55. The largest absolute Gasteiger partial charge is 0.315 e. The van der Waals surface area contributed by atoms with Gasteiger partial charge in [0.1, 0.15) is 12.4 Å². The van der Waals surface area contributed by atoms with Gasteiger partial charge in [0, 0.05) is 18.7 Å². The zero-order chi connectivity index (χ0) is 20.2. The van der Waals surface area contributed by atoms with E-state index >= 15 is 0 Å². The van der Waals surface area contributed by atoms with Gasteiger partial charge in [-0.2, -0.15) is 14.9 Å². The average Bonchev–Trinajstić information content (AvgIpc) is 3.29. The zero-order valence-corrected chi connectivity index (χ0v) is 18.6. The maximum absolute atomic E-state index is 11.8. The molecule has 0 aromatic carbocycles. The van der Waals surface area contributed by atoms with E-state index in [0.29, 0.717) is 19.0 Å². The molecular weight excluding hydrogens is 396 g/mol. The Morgan fingerprint density at radius 2 is 1.93 bits per heavy atom. The van der Waals surface area contributed by atoms with E-state index < -0.39 is 9.84 Å². The van der Waals surface area contributed by atoms with Gasteiger partial charge in [0.15, 0.2) is 16.5 Å². The van der Waals surface area contributed by atoms with Crippen LogP contribution in [-0.4, -0.2) is 51.1 Å². The Kier molecular flexibility index (Phi) is 4.99. The Bertz CT molecular complexity index is 1060. The minimum atomic E-state index is -2.93. The first kappa shape index (κ1) is 19.8. The fourth-order valence-electron chi connectivity index (χ4n) is 4.19. The van der Waals surface area contributed by atoms with Crippen LogP contribution in [0.2, 0.25) is 0 Å². The molecule has 0 spiro atoms. The number of hydrogen-bond donors (Lipinski definition) is 1. The Morgan fingerprint density at radius 1 is 1.21 bits per heavy atom. The van der Waals surface area contributed by atoms with Crippen molar-refractivity contribution in [2.75, 3.05) is 18.6 Å². The number of rotatable bonds is 6. The molecule has 4 rings (SSSR count). The van der Waals surface area contributed by atoms with Crippen LogP contribution in [0.15, 0.2) is 0 Å². The molecule has 1 unspecified atom stereocenters. The van der Waals surface area contributed by atoms with E-state index in [4.69, 9.17) is 17.3 Å². The molecule has 154 valence electrons. The first-order valence-electron chi connectivity index (χ1n) is 9.86. The molecule has 0 bridgehead atoms. The van der Waals surface area contributed by atoms with Crippen molar-refractivity contribution >= 4 is 22.1 Å². The van der Waals surface area contributed by atoms with Crippen molar-refractivity contribution in [1.29, 1.82) is 0 Å². The molecular formula is C18H29N6O2S2+. The normalized spacial score (nSPS) is 22.6. The third-order valence-corrected chi connectivity index (χ3v) is 8.18. The molecule has 1 N–H and O–H groups in total. The van der Waals surface area contributed by atoms with E-state index in [2.05, 4.69) is 12.1 Å². The van der Waals surface area contributed by atoms with E-state index in [-0.39, 0.29) is 17.5 Å². The highest BCUT2D eigenvalue weighted by atomic mass is 32.2.